The van der Waals surface area contributed by atoms with Crippen LogP contribution in [-0.2, 0) is 6.54 Å². The standard InChI is InChI=1S/C20H19ClFN3O2/c1-12-19(23-20(26)14-6-4-7-15(10-14)27-3)13(2)25(24-12)11-16-17(21)8-5-9-18(16)22/h4-10H,11H2,1-3H3,(H,23,26). The monoisotopic (exact) mass is 387 g/mol. The summed E-state index contributed by atoms with van der Waals surface area (Å²) in [5.41, 5.74) is 2.77. The van der Waals surface area contributed by atoms with E-state index in [0.29, 0.717) is 39.0 Å². The summed E-state index contributed by atoms with van der Waals surface area (Å²) in [4.78, 5) is 12.6. The minimum atomic E-state index is -0.392. The van der Waals surface area contributed by atoms with Crippen LogP contribution in [0.3, 0.4) is 0 Å². The van der Waals surface area contributed by atoms with Gasteiger partial charge in [-0.1, -0.05) is 23.7 Å². The molecular formula is C20H19ClFN3O2. The molecular weight excluding hydrogens is 369 g/mol. The van der Waals surface area contributed by atoms with Crippen LogP contribution in [0.15, 0.2) is 42.5 Å². The zero-order chi connectivity index (χ0) is 19.6. The van der Waals surface area contributed by atoms with E-state index in [0.717, 1.165) is 0 Å². The molecule has 0 aliphatic carbocycles. The first-order valence-electron chi connectivity index (χ1n) is 8.33. The third kappa shape index (κ3) is 3.95. The van der Waals surface area contributed by atoms with Crippen LogP contribution < -0.4 is 10.1 Å². The molecule has 0 aliphatic heterocycles. The second-order valence-electron chi connectivity index (χ2n) is 6.09. The van der Waals surface area contributed by atoms with Crippen LogP contribution >= 0.6 is 11.6 Å². The Morgan fingerprint density at radius 3 is 2.70 bits per heavy atom. The average Bonchev–Trinajstić information content (AvgIpc) is 2.92. The number of benzene rings is 2. The van der Waals surface area contributed by atoms with Crippen LogP contribution in [0.5, 0.6) is 5.75 Å². The topological polar surface area (TPSA) is 56.1 Å². The van der Waals surface area contributed by atoms with Gasteiger partial charge < -0.3 is 10.1 Å². The first-order valence-corrected chi connectivity index (χ1v) is 8.70. The number of aromatic nitrogens is 2. The number of hydrogen-bond acceptors (Lipinski definition) is 3. The number of halogens is 2. The highest BCUT2D eigenvalue weighted by Crippen LogP contribution is 2.25. The molecule has 2 aromatic carbocycles. The second-order valence-corrected chi connectivity index (χ2v) is 6.50. The minimum absolute atomic E-state index is 0.174. The van der Waals surface area contributed by atoms with Crippen LogP contribution in [0, 0.1) is 19.7 Å². The van der Waals surface area contributed by atoms with Gasteiger partial charge in [0.15, 0.2) is 0 Å². The second kappa shape index (κ2) is 7.80. The van der Waals surface area contributed by atoms with E-state index in [1.165, 1.54) is 6.07 Å². The molecule has 0 spiro atoms. The molecule has 1 heterocycles. The van der Waals surface area contributed by atoms with Gasteiger partial charge >= 0.3 is 0 Å². The number of amides is 1. The molecule has 3 aromatic rings. The number of aryl methyl sites for hydroxylation is 1. The van der Waals surface area contributed by atoms with E-state index in [1.807, 2.05) is 6.92 Å². The van der Waals surface area contributed by atoms with Crippen molar-refractivity contribution in [1.29, 1.82) is 0 Å². The molecule has 1 aromatic heterocycles. The van der Waals surface area contributed by atoms with Crippen molar-refractivity contribution in [2.75, 3.05) is 12.4 Å². The molecule has 0 aliphatic rings. The lowest BCUT2D eigenvalue weighted by molar-refractivity contribution is 0.102. The summed E-state index contributed by atoms with van der Waals surface area (Å²) in [6.45, 7) is 3.77. The largest absolute Gasteiger partial charge is 0.497 e. The van der Waals surface area contributed by atoms with E-state index in [-0.39, 0.29) is 12.5 Å². The van der Waals surface area contributed by atoms with E-state index in [1.54, 1.807) is 55.1 Å². The molecule has 0 bridgehead atoms. The molecule has 7 heteroatoms. The molecule has 1 N–H and O–H groups in total. The van der Waals surface area contributed by atoms with Gasteiger partial charge in [-0.3, -0.25) is 9.48 Å². The lowest BCUT2D eigenvalue weighted by atomic mass is 10.2. The van der Waals surface area contributed by atoms with E-state index in [4.69, 9.17) is 16.3 Å². The number of carbonyl (C=O) groups excluding carboxylic acids is 1. The third-order valence-electron chi connectivity index (χ3n) is 4.32. The Labute approximate surface area is 161 Å². The Morgan fingerprint density at radius 2 is 2.00 bits per heavy atom. The van der Waals surface area contributed by atoms with Gasteiger partial charge in [0.25, 0.3) is 5.91 Å². The summed E-state index contributed by atoms with van der Waals surface area (Å²) >= 11 is 6.11. The lowest BCUT2D eigenvalue weighted by Crippen LogP contribution is -2.13. The molecule has 0 fully saturated rings. The number of methoxy groups -OCH3 is 1. The van der Waals surface area contributed by atoms with Gasteiger partial charge in [0.1, 0.15) is 11.6 Å². The molecule has 0 saturated heterocycles. The van der Waals surface area contributed by atoms with Gasteiger partial charge in [0, 0.05) is 16.1 Å². The Kier molecular flexibility index (Phi) is 5.46. The predicted octanol–water partition coefficient (Wildman–Crippen LogP) is 4.60. The van der Waals surface area contributed by atoms with Crippen molar-refractivity contribution in [3.8, 4) is 5.75 Å². The highest BCUT2D eigenvalue weighted by Gasteiger charge is 2.17. The van der Waals surface area contributed by atoms with Gasteiger partial charge in [-0.05, 0) is 44.2 Å². The molecule has 0 saturated carbocycles. The molecule has 140 valence electrons. The van der Waals surface area contributed by atoms with E-state index in [2.05, 4.69) is 10.4 Å². The SMILES string of the molecule is COc1cccc(C(=O)Nc2c(C)nn(Cc3c(F)cccc3Cl)c2C)c1. The highest BCUT2D eigenvalue weighted by molar-refractivity contribution is 6.31. The van der Waals surface area contributed by atoms with Gasteiger partial charge in [-0.25, -0.2) is 4.39 Å². The van der Waals surface area contributed by atoms with Gasteiger partial charge in [-0.15, -0.1) is 0 Å². The zero-order valence-corrected chi connectivity index (χ0v) is 16.0. The van der Waals surface area contributed by atoms with E-state index < -0.39 is 5.82 Å². The first-order chi connectivity index (χ1) is 12.9. The smallest absolute Gasteiger partial charge is 0.255 e. The number of nitrogens with one attached hydrogen (secondary N) is 1. The number of hydrogen-bond donors (Lipinski definition) is 1. The van der Waals surface area contributed by atoms with Gasteiger partial charge in [-0.2, -0.15) is 5.10 Å². The highest BCUT2D eigenvalue weighted by atomic mass is 35.5. The molecule has 27 heavy (non-hydrogen) atoms. The number of rotatable bonds is 5. The van der Waals surface area contributed by atoms with Crippen LogP contribution in [0.2, 0.25) is 5.02 Å². The maximum absolute atomic E-state index is 14.1. The summed E-state index contributed by atoms with van der Waals surface area (Å²) in [6.07, 6.45) is 0. The molecule has 0 atom stereocenters. The number of carbonyl (C=O) groups is 1. The van der Waals surface area contributed by atoms with E-state index in [9.17, 15) is 9.18 Å². The Morgan fingerprint density at radius 1 is 1.26 bits per heavy atom. The van der Waals surface area contributed by atoms with Crippen molar-refractivity contribution in [2.24, 2.45) is 0 Å². The summed E-state index contributed by atoms with van der Waals surface area (Å²) in [5, 5.41) is 7.63. The lowest BCUT2D eigenvalue weighted by Gasteiger charge is -2.09. The average molecular weight is 388 g/mol. The van der Waals surface area contributed by atoms with Crippen molar-refractivity contribution < 1.29 is 13.9 Å². The Bertz CT molecular complexity index is 981. The first kappa shape index (κ1) is 18.9. The van der Waals surface area contributed by atoms with Crippen molar-refractivity contribution in [2.45, 2.75) is 20.4 Å². The summed E-state index contributed by atoms with van der Waals surface area (Å²) in [6, 6.07) is 11.4. The molecule has 5 nitrogen and oxygen atoms in total. The van der Waals surface area contributed by atoms with Crippen LogP contribution in [0.25, 0.3) is 0 Å². The van der Waals surface area contributed by atoms with Crippen LogP contribution in [0.1, 0.15) is 27.3 Å². The maximum atomic E-state index is 14.1. The van der Waals surface area contributed by atoms with Gasteiger partial charge in [0.05, 0.1) is 30.7 Å². The van der Waals surface area contributed by atoms with Crippen molar-refractivity contribution in [3.63, 3.8) is 0 Å². The number of ether oxygens (including phenoxy) is 1. The van der Waals surface area contributed by atoms with Crippen LogP contribution in [0.4, 0.5) is 10.1 Å². The van der Waals surface area contributed by atoms with Crippen molar-refractivity contribution in [3.05, 3.63) is 75.8 Å². The van der Waals surface area contributed by atoms with Crippen molar-refractivity contribution in [1.82, 2.24) is 9.78 Å². The molecule has 1 amide bonds. The van der Waals surface area contributed by atoms with E-state index >= 15 is 0 Å². The number of nitrogens with zero attached hydrogens (tertiary/aromatic N) is 2. The fraction of sp³-hybridized carbons (Fsp3) is 0.200. The fourth-order valence-corrected chi connectivity index (χ4v) is 3.04. The fourth-order valence-electron chi connectivity index (χ4n) is 2.81. The molecule has 0 radical (unpaired) electrons. The summed E-state index contributed by atoms with van der Waals surface area (Å²) in [7, 11) is 1.54. The number of anilines is 1. The van der Waals surface area contributed by atoms with Gasteiger partial charge in [0.2, 0.25) is 0 Å². The molecule has 0 unspecified atom stereocenters. The van der Waals surface area contributed by atoms with Crippen LogP contribution in [-0.4, -0.2) is 22.8 Å². The van der Waals surface area contributed by atoms with Crippen molar-refractivity contribution >= 4 is 23.2 Å². The zero-order valence-electron chi connectivity index (χ0n) is 15.2. The molecule has 3 rings (SSSR count). The quantitative estimate of drug-likeness (QED) is 0.696. The Hall–Kier alpha value is -2.86. The summed E-state index contributed by atoms with van der Waals surface area (Å²) in [5.74, 6) is -0.0680. The predicted molar refractivity (Wildman–Crippen MR) is 103 cm³/mol. The minimum Gasteiger partial charge on any atom is -0.497 e. The Balaban J connectivity index is 1.86. The maximum Gasteiger partial charge on any atom is 0.255 e. The normalized spacial score (nSPS) is 10.7. The third-order valence-corrected chi connectivity index (χ3v) is 4.68. The summed E-state index contributed by atoms with van der Waals surface area (Å²) < 4.78 is 20.8.